The zero-order valence-electron chi connectivity index (χ0n) is 15.7. The minimum Gasteiger partial charge on any atom is -0.493 e. The number of ether oxygens (including phenoxy) is 2. The van der Waals surface area contributed by atoms with E-state index in [-0.39, 0.29) is 0 Å². The first kappa shape index (κ1) is 19.0. The lowest BCUT2D eigenvalue weighted by Crippen LogP contribution is -2.02. The number of rotatable bonds is 9. The summed E-state index contributed by atoms with van der Waals surface area (Å²) in [4.78, 5) is 0. The number of hydrogen-bond acceptors (Lipinski definition) is 3. The zero-order valence-corrected chi connectivity index (χ0v) is 15.7. The molecule has 0 radical (unpaired) electrons. The fourth-order valence-electron chi connectivity index (χ4n) is 3.06. The SMILES string of the molecule is COc1cc(C(O)CCCc2ccccc2)ccc1OCc1ccccc1. The standard InChI is InChI=1S/C24H26O3/c1-26-24-17-21(22(25)14-8-13-19-9-4-2-5-10-19)15-16-23(24)27-18-20-11-6-3-7-12-20/h2-7,9-12,15-17,22,25H,8,13-14,18H2,1H3. The van der Waals surface area contributed by atoms with Crippen molar-refractivity contribution in [3.8, 4) is 11.5 Å². The van der Waals surface area contributed by atoms with Gasteiger partial charge in [0.25, 0.3) is 0 Å². The Morgan fingerprint density at radius 1 is 0.815 bits per heavy atom. The van der Waals surface area contributed by atoms with E-state index >= 15 is 0 Å². The normalized spacial score (nSPS) is 11.8. The molecule has 0 aromatic heterocycles. The molecule has 3 aromatic carbocycles. The van der Waals surface area contributed by atoms with Crippen molar-refractivity contribution >= 4 is 0 Å². The van der Waals surface area contributed by atoms with Crippen LogP contribution in [-0.2, 0) is 13.0 Å². The molecule has 3 heteroatoms. The van der Waals surface area contributed by atoms with E-state index in [9.17, 15) is 5.11 Å². The smallest absolute Gasteiger partial charge is 0.161 e. The predicted octanol–water partition coefficient (Wildman–Crippen LogP) is 5.33. The second-order valence-electron chi connectivity index (χ2n) is 6.58. The Kier molecular flexibility index (Phi) is 6.89. The zero-order chi connectivity index (χ0) is 18.9. The molecule has 0 saturated carbocycles. The van der Waals surface area contributed by atoms with Crippen LogP contribution < -0.4 is 9.47 Å². The van der Waals surface area contributed by atoms with E-state index in [1.807, 2.05) is 66.7 Å². The summed E-state index contributed by atoms with van der Waals surface area (Å²) in [7, 11) is 1.62. The van der Waals surface area contributed by atoms with E-state index in [2.05, 4.69) is 12.1 Å². The largest absolute Gasteiger partial charge is 0.493 e. The van der Waals surface area contributed by atoms with Crippen LogP contribution in [0.15, 0.2) is 78.9 Å². The van der Waals surface area contributed by atoms with Gasteiger partial charge in [-0.15, -0.1) is 0 Å². The molecule has 1 N–H and O–H groups in total. The molecule has 0 aliphatic carbocycles. The van der Waals surface area contributed by atoms with Gasteiger partial charge in [-0.2, -0.15) is 0 Å². The Morgan fingerprint density at radius 2 is 1.48 bits per heavy atom. The van der Waals surface area contributed by atoms with Crippen molar-refractivity contribution in [2.75, 3.05) is 7.11 Å². The Labute approximate surface area is 161 Å². The molecule has 3 aromatic rings. The van der Waals surface area contributed by atoms with Crippen LogP contribution >= 0.6 is 0 Å². The van der Waals surface area contributed by atoms with Gasteiger partial charge in [0.05, 0.1) is 13.2 Å². The van der Waals surface area contributed by atoms with Crippen molar-refractivity contribution in [1.29, 1.82) is 0 Å². The minimum atomic E-state index is -0.509. The molecule has 0 aliphatic heterocycles. The van der Waals surface area contributed by atoms with Gasteiger partial charge >= 0.3 is 0 Å². The second-order valence-corrected chi connectivity index (χ2v) is 6.58. The number of hydrogen-bond donors (Lipinski definition) is 1. The fourth-order valence-corrected chi connectivity index (χ4v) is 3.06. The molecular weight excluding hydrogens is 336 g/mol. The Balaban J connectivity index is 1.57. The molecule has 0 aliphatic rings. The van der Waals surface area contributed by atoms with Crippen LogP contribution in [-0.4, -0.2) is 12.2 Å². The molecule has 0 heterocycles. The van der Waals surface area contributed by atoms with Crippen LogP contribution in [0.25, 0.3) is 0 Å². The minimum absolute atomic E-state index is 0.482. The van der Waals surface area contributed by atoms with E-state index in [0.29, 0.717) is 24.5 Å². The van der Waals surface area contributed by atoms with Gasteiger partial charge in [-0.1, -0.05) is 66.7 Å². The Bertz CT molecular complexity index is 816. The van der Waals surface area contributed by atoms with Gasteiger partial charge in [0.15, 0.2) is 11.5 Å². The van der Waals surface area contributed by atoms with Gasteiger partial charge in [0.1, 0.15) is 6.61 Å². The third kappa shape index (κ3) is 5.60. The van der Waals surface area contributed by atoms with Crippen LogP contribution in [0.4, 0.5) is 0 Å². The molecule has 0 bridgehead atoms. The summed E-state index contributed by atoms with van der Waals surface area (Å²) >= 11 is 0. The Morgan fingerprint density at radius 3 is 2.15 bits per heavy atom. The lowest BCUT2D eigenvalue weighted by atomic mass is 10.0. The monoisotopic (exact) mass is 362 g/mol. The molecule has 3 rings (SSSR count). The van der Waals surface area contributed by atoms with Crippen molar-refractivity contribution in [2.24, 2.45) is 0 Å². The first-order chi connectivity index (χ1) is 13.3. The summed E-state index contributed by atoms with van der Waals surface area (Å²) in [5.74, 6) is 1.33. The molecule has 0 amide bonds. The molecular formula is C24H26O3. The van der Waals surface area contributed by atoms with Crippen molar-refractivity contribution in [1.82, 2.24) is 0 Å². The third-order valence-electron chi connectivity index (χ3n) is 4.60. The van der Waals surface area contributed by atoms with Crippen LogP contribution in [0.5, 0.6) is 11.5 Å². The summed E-state index contributed by atoms with van der Waals surface area (Å²) < 4.78 is 11.3. The van der Waals surface area contributed by atoms with Crippen LogP contribution in [0.2, 0.25) is 0 Å². The topological polar surface area (TPSA) is 38.7 Å². The van der Waals surface area contributed by atoms with Gasteiger partial charge in [-0.05, 0) is 48.1 Å². The number of benzene rings is 3. The maximum atomic E-state index is 10.5. The van der Waals surface area contributed by atoms with E-state index in [0.717, 1.165) is 24.0 Å². The average molecular weight is 362 g/mol. The highest BCUT2D eigenvalue weighted by atomic mass is 16.5. The van der Waals surface area contributed by atoms with E-state index in [4.69, 9.17) is 9.47 Å². The lowest BCUT2D eigenvalue weighted by Gasteiger charge is -2.15. The maximum Gasteiger partial charge on any atom is 0.161 e. The second kappa shape index (κ2) is 9.79. The summed E-state index contributed by atoms with van der Waals surface area (Å²) in [5, 5.41) is 10.5. The third-order valence-corrected chi connectivity index (χ3v) is 4.60. The van der Waals surface area contributed by atoms with Gasteiger partial charge in [-0.25, -0.2) is 0 Å². The van der Waals surface area contributed by atoms with Crippen molar-refractivity contribution in [3.63, 3.8) is 0 Å². The van der Waals surface area contributed by atoms with Crippen LogP contribution in [0.1, 0.15) is 35.6 Å². The highest BCUT2D eigenvalue weighted by molar-refractivity contribution is 5.43. The molecule has 140 valence electrons. The summed E-state index contributed by atoms with van der Waals surface area (Å²) in [6, 6.07) is 26.0. The number of aliphatic hydroxyl groups excluding tert-OH is 1. The predicted molar refractivity (Wildman–Crippen MR) is 108 cm³/mol. The van der Waals surface area contributed by atoms with Gasteiger partial charge in [0.2, 0.25) is 0 Å². The van der Waals surface area contributed by atoms with Crippen molar-refractivity contribution in [3.05, 3.63) is 95.6 Å². The average Bonchev–Trinajstić information content (AvgIpc) is 2.73. The molecule has 0 fully saturated rings. The van der Waals surface area contributed by atoms with Crippen LogP contribution in [0, 0.1) is 0 Å². The number of aryl methyl sites for hydroxylation is 1. The number of aliphatic hydroxyl groups is 1. The van der Waals surface area contributed by atoms with Gasteiger partial charge in [0, 0.05) is 0 Å². The summed E-state index contributed by atoms with van der Waals surface area (Å²) in [6.07, 6.45) is 2.10. The molecule has 3 nitrogen and oxygen atoms in total. The molecule has 0 spiro atoms. The Hall–Kier alpha value is -2.78. The fraction of sp³-hybridized carbons (Fsp3) is 0.250. The first-order valence-electron chi connectivity index (χ1n) is 9.33. The quantitative estimate of drug-likeness (QED) is 0.559. The highest BCUT2D eigenvalue weighted by Gasteiger charge is 2.12. The van der Waals surface area contributed by atoms with Crippen LogP contribution in [0.3, 0.4) is 0 Å². The van der Waals surface area contributed by atoms with Crippen molar-refractivity contribution in [2.45, 2.75) is 32.0 Å². The lowest BCUT2D eigenvalue weighted by molar-refractivity contribution is 0.164. The molecule has 0 saturated heterocycles. The van der Waals surface area contributed by atoms with E-state index < -0.39 is 6.10 Å². The summed E-state index contributed by atoms with van der Waals surface area (Å²) in [5.41, 5.74) is 3.25. The van der Waals surface area contributed by atoms with Gasteiger partial charge in [-0.3, -0.25) is 0 Å². The highest BCUT2D eigenvalue weighted by Crippen LogP contribution is 2.32. The summed E-state index contributed by atoms with van der Waals surface area (Å²) in [6.45, 7) is 0.482. The molecule has 1 atom stereocenters. The van der Waals surface area contributed by atoms with E-state index in [1.165, 1.54) is 5.56 Å². The molecule has 1 unspecified atom stereocenters. The first-order valence-corrected chi connectivity index (χ1v) is 9.33. The van der Waals surface area contributed by atoms with E-state index in [1.54, 1.807) is 7.11 Å². The number of methoxy groups -OCH3 is 1. The molecule has 27 heavy (non-hydrogen) atoms. The maximum absolute atomic E-state index is 10.5. The van der Waals surface area contributed by atoms with Gasteiger partial charge < -0.3 is 14.6 Å². The van der Waals surface area contributed by atoms with Crippen molar-refractivity contribution < 1.29 is 14.6 Å².